The smallest absolute Gasteiger partial charge is 0.352 e. The minimum Gasteiger partial charge on any atom is -0.469 e. The highest BCUT2D eigenvalue weighted by Gasteiger charge is 2.70. The maximum Gasteiger partial charge on any atom is 0.352 e. The quantitative estimate of drug-likeness (QED) is 0.363. The van der Waals surface area contributed by atoms with Crippen molar-refractivity contribution in [1.29, 1.82) is 0 Å². The van der Waals surface area contributed by atoms with Crippen molar-refractivity contribution in [3.8, 4) is 5.69 Å². The normalized spacial score (nSPS) is 27.9. The molecule has 0 fully saturated rings. The molecular weight excluding hydrogens is 520 g/mol. The Morgan fingerprint density at radius 3 is 2.08 bits per heavy atom. The topological polar surface area (TPSA) is 113 Å². The zero-order valence-corrected chi connectivity index (χ0v) is 23.3. The molecule has 3 atom stereocenters. The number of hydrogen-bond donors (Lipinski definition) is 0. The van der Waals surface area contributed by atoms with Gasteiger partial charge in [0.15, 0.2) is 0 Å². The average Bonchev–Trinajstić information content (AvgIpc) is 3.49. The van der Waals surface area contributed by atoms with E-state index in [1.54, 1.807) is 75.4 Å². The van der Waals surface area contributed by atoms with E-state index in [9.17, 15) is 22.8 Å². The first-order chi connectivity index (χ1) is 18.3. The lowest BCUT2D eigenvalue weighted by Crippen LogP contribution is -2.70. The molecule has 0 radical (unpaired) electrons. The van der Waals surface area contributed by atoms with Gasteiger partial charge in [-0.1, -0.05) is 35.9 Å². The summed E-state index contributed by atoms with van der Waals surface area (Å²) in [6.07, 6.45) is 0.165. The Hall–Kier alpha value is -3.70. The van der Waals surface area contributed by atoms with Gasteiger partial charge in [-0.05, 0) is 69.5 Å². The van der Waals surface area contributed by atoms with Gasteiger partial charge in [0.25, 0.3) is 0 Å². The number of hydrogen-bond acceptors (Lipinski definition) is 6. The minimum atomic E-state index is -3.90. The molecule has 0 amide bonds. The fraction of sp³-hybridized carbons (Fsp3) is 0.393. The second kappa shape index (κ2) is 7.92. The van der Waals surface area contributed by atoms with Crippen LogP contribution in [0, 0.1) is 12.3 Å². The molecule has 7 rings (SSSR count). The van der Waals surface area contributed by atoms with E-state index < -0.39 is 43.9 Å². The van der Waals surface area contributed by atoms with Crippen LogP contribution in [0.5, 0.6) is 0 Å². The largest absolute Gasteiger partial charge is 0.469 e. The molecule has 204 valence electrons. The fourth-order valence-electron chi connectivity index (χ4n) is 7.00. The van der Waals surface area contributed by atoms with Crippen LogP contribution < -0.4 is 11.4 Å². The lowest BCUT2D eigenvalue weighted by molar-refractivity contribution is -0.167. The van der Waals surface area contributed by atoms with Gasteiger partial charge in [0.2, 0.25) is 10.0 Å². The van der Waals surface area contributed by atoms with E-state index in [1.807, 2.05) is 6.92 Å². The standard InChI is InChI=1S/C28H30N4O6S/c1-18-11-13-20(14-12-18)39(36,37)29-15-21-22(16-29)28(4)26(2,23(33)38-5)17-27(21,3)31-24(34)30(25(35)32(28)31)19-9-7-6-8-10-19/h6-14H,15-17H2,1-5H3/t26-,27-,28+/m0/s1. The number of para-hydroxylation sites is 1. The van der Waals surface area contributed by atoms with Crippen molar-refractivity contribution in [2.24, 2.45) is 5.41 Å². The van der Waals surface area contributed by atoms with Gasteiger partial charge in [-0.15, -0.1) is 0 Å². The van der Waals surface area contributed by atoms with E-state index in [4.69, 9.17) is 4.74 Å². The van der Waals surface area contributed by atoms with Crippen LogP contribution in [-0.2, 0) is 30.6 Å². The van der Waals surface area contributed by atoms with Crippen molar-refractivity contribution in [2.75, 3.05) is 20.2 Å². The Morgan fingerprint density at radius 2 is 1.46 bits per heavy atom. The zero-order chi connectivity index (χ0) is 28.1. The maximum absolute atomic E-state index is 14.1. The first kappa shape index (κ1) is 25.6. The van der Waals surface area contributed by atoms with Gasteiger partial charge >= 0.3 is 17.3 Å². The van der Waals surface area contributed by atoms with Crippen molar-refractivity contribution < 1.29 is 17.9 Å². The molecule has 11 heteroatoms. The number of carbonyl (C=O) groups excluding carboxylic acids is 1. The van der Waals surface area contributed by atoms with Crippen LogP contribution in [0.1, 0.15) is 32.8 Å². The Morgan fingerprint density at radius 1 is 0.872 bits per heavy atom. The molecule has 3 aliphatic heterocycles. The number of benzene rings is 2. The van der Waals surface area contributed by atoms with Gasteiger partial charge in [-0.2, -0.15) is 4.31 Å². The lowest BCUT2D eigenvalue weighted by atomic mass is 9.54. The van der Waals surface area contributed by atoms with Gasteiger partial charge < -0.3 is 4.74 Å². The van der Waals surface area contributed by atoms with Crippen LogP contribution in [0.4, 0.5) is 0 Å². The Bertz CT molecular complexity index is 1800. The molecule has 4 aliphatic rings. The predicted molar refractivity (Wildman–Crippen MR) is 143 cm³/mol. The average molecular weight is 551 g/mol. The van der Waals surface area contributed by atoms with Crippen molar-refractivity contribution in [1.82, 2.24) is 18.2 Å². The molecule has 39 heavy (non-hydrogen) atoms. The SMILES string of the molecule is COC(=O)[C@]1(C)C[C@@]2(C)C3=C(CN(S(=O)(=O)c4ccc(C)cc4)C3)[C@@]1(C)n1c(=O)n(-c3ccccc3)c(=O)n12. The first-order valence-electron chi connectivity index (χ1n) is 12.7. The fourth-order valence-corrected chi connectivity index (χ4v) is 8.37. The number of rotatable bonds is 4. The molecule has 4 heterocycles. The van der Waals surface area contributed by atoms with E-state index in [0.717, 1.165) is 15.7 Å². The summed E-state index contributed by atoms with van der Waals surface area (Å²) in [6, 6.07) is 15.3. The third-order valence-electron chi connectivity index (χ3n) is 9.19. The number of carbonyl (C=O) groups is 1. The highest BCUT2D eigenvalue weighted by molar-refractivity contribution is 7.89. The predicted octanol–water partition coefficient (Wildman–Crippen LogP) is 2.14. The first-order valence-corrected chi connectivity index (χ1v) is 14.2. The molecular formula is C28H30N4O6S. The highest BCUT2D eigenvalue weighted by Crippen LogP contribution is 2.62. The van der Waals surface area contributed by atoms with Crippen molar-refractivity contribution in [3.63, 3.8) is 0 Å². The molecule has 0 saturated carbocycles. The van der Waals surface area contributed by atoms with E-state index in [2.05, 4.69) is 0 Å². The van der Waals surface area contributed by atoms with E-state index in [0.29, 0.717) is 11.3 Å². The summed E-state index contributed by atoms with van der Waals surface area (Å²) >= 11 is 0. The third kappa shape index (κ3) is 3.00. The molecule has 3 aromatic rings. The molecule has 1 aromatic heterocycles. The molecule has 0 unspecified atom stereocenters. The highest BCUT2D eigenvalue weighted by atomic mass is 32.2. The number of nitrogens with zero attached hydrogens (tertiary/aromatic N) is 4. The van der Waals surface area contributed by atoms with Crippen molar-refractivity contribution >= 4 is 16.0 Å². The second-order valence-electron chi connectivity index (χ2n) is 11.2. The summed E-state index contributed by atoms with van der Waals surface area (Å²) in [5.74, 6) is -0.527. The lowest BCUT2D eigenvalue weighted by Gasteiger charge is -2.59. The number of aryl methyl sites for hydroxylation is 1. The number of esters is 1. The summed E-state index contributed by atoms with van der Waals surface area (Å²) in [4.78, 5) is 41.7. The number of fused-ring (bicyclic) bond motifs is 1. The number of aromatic nitrogens is 3. The number of sulfonamides is 1. The number of methoxy groups -OCH3 is 1. The van der Waals surface area contributed by atoms with Crippen molar-refractivity contribution in [3.05, 3.63) is 92.3 Å². The maximum atomic E-state index is 14.1. The molecule has 0 N–H and O–H groups in total. The Kier molecular flexibility index (Phi) is 5.19. The Balaban J connectivity index is 1.59. The molecule has 0 saturated heterocycles. The van der Waals surface area contributed by atoms with Crippen LogP contribution in [0.3, 0.4) is 0 Å². The van der Waals surface area contributed by atoms with E-state index in [-0.39, 0.29) is 24.4 Å². The van der Waals surface area contributed by atoms with E-state index >= 15 is 0 Å². The monoisotopic (exact) mass is 550 g/mol. The third-order valence-corrected chi connectivity index (χ3v) is 11.0. The van der Waals surface area contributed by atoms with Crippen LogP contribution >= 0.6 is 0 Å². The minimum absolute atomic E-state index is 0.0125. The van der Waals surface area contributed by atoms with Crippen LogP contribution in [0.2, 0.25) is 0 Å². The summed E-state index contributed by atoms with van der Waals surface area (Å²) in [7, 11) is -2.60. The van der Waals surface area contributed by atoms with Gasteiger partial charge in [-0.3, -0.25) is 4.79 Å². The van der Waals surface area contributed by atoms with Crippen molar-refractivity contribution in [2.45, 2.75) is 50.1 Å². The van der Waals surface area contributed by atoms with Gasteiger partial charge in [0.05, 0.1) is 28.6 Å². The van der Waals surface area contributed by atoms with Gasteiger partial charge in [-0.25, -0.2) is 31.9 Å². The van der Waals surface area contributed by atoms with E-state index in [1.165, 1.54) is 20.8 Å². The number of ether oxygens (including phenoxy) is 1. The summed E-state index contributed by atoms with van der Waals surface area (Å²) in [5.41, 5.74) is -2.17. The van der Waals surface area contributed by atoms with Gasteiger partial charge in [0.1, 0.15) is 5.54 Å². The molecule has 2 bridgehead atoms. The summed E-state index contributed by atoms with van der Waals surface area (Å²) in [5, 5.41) is 0. The molecule has 1 aliphatic carbocycles. The summed E-state index contributed by atoms with van der Waals surface area (Å²) in [6.45, 7) is 7.20. The molecule has 0 spiro atoms. The molecule has 10 nitrogen and oxygen atoms in total. The van der Waals surface area contributed by atoms with Crippen LogP contribution in [0.15, 0.2) is 80.2 Å². The zero-order valence-electron chi connectivity index (χ0n) is 22.5. The summed E-state index contributed by atoms with van der Waals surface area (Å²) < 4.78 is 38.0. The second-order valence-corrected chi connectivity index (χ2v) is 13.2. The molecule has 2 aromatic carbocycles. The van der Waals surface area contributed by atoms with Crippen LogP contribution in [-0.4, -0.2) is 52.8 Å². The van der Waals surface area contributed by atoms with Gasteiger partial charge in [0, 0.05) is 13.1 Å². The van der Waals surface area contributed by atoms with Crippen LogP contribution in [0.25, 0.3) is 5.69 Å². The Labute approximate surface area is 225 Å².